The number of carbonyl (C=O) groups is 2. The van der Waals surface area contributed by atoms with E-state index in [2.05, 4.69) is 5.32 Å². The Kier molecular flexibility index (Phi) is 2.67. The lowest BCUT2D eigenvalue weighted by Crippen LogP contribution is -2.08. The van der Waals surface area contributed by atoms with Crippen molar-refractivity contribution < 1.29 is 14.7 Å². The Bertz CT molecular complexity index is 356. The lowest BCUT2D eigenvalue weighted by atomic mass is 10.2. The smallest absolute Gasteiger partial charge is 0.409 e. The van der Waals surface area contributed by atoms with Gasteiger partial charge in [-0.3, -0.25) is 10.1 Å². The van der Waals surface area contributed by atoms with Crippen molar-refractivity contribution in [1.82, 2.24) is 0 Å². The van der Waals surface area contributed by atoms with Crippen molar-refractivity contribution in [2.75, 3.05) is 5.32 Å². The zero-order valence-electron chi connectivity index (χ0n) is 7.25. The van der Waals surface area contributed by atoms with Gasteiger partial charge in [-0.25, -0.2) is 4.79 Å². The van der Waals surface area contributed by atoms with Crippen LogP contribution in [0.25, 0.3) is 0 Å². The van der Waals surface area contributed by atoms with Gasteiger partial charge in [0.15, 0.2) is 5.78 Å². The van der Waals surface area contributed by atoms with Crippen molar-refractivity contribution in [1.29, 1.82) is 0 Å². The maximum atomic E-state index is 11.0. The van der Waals surface area contributed by atoms with Crippen molar-refractivity contribution >= 4 is 28.2 Å². The van der Waals surface area contributed by atoms with Gasteiger partial charge >= 0.3 is 6.09 Å². The second-order valence-electron chi connectivity index (χ2n) is 2.59. The molecule has 5 heteroatoms. The summed E-state index contributed by atoms with van der Waals surface area (Å²) in [5.74, 6) is -0.131. The molecule has 0 saturated carbocycles. The average Bonchev–Trinajstić information content (AvgIpc) is 2.29. The molecule has 0 unspecified atom stereocenters. The number of carboxylic acid groups (broad SMARTS) is 1. The number of amides is 1. The SMILES string of the molecule is CC(=O)c1cc(C)sc1NC(=O)O. The zero-order chi connectivity index (χ0) is 10.0. The minimum Gasteiger partial charge on any atom is -0.465 e. The lowest BCUT2D eigenvalue weighted by molar-refractivity contribution is 0.101. The molecule has 1 aromatic rings. The van der Waals surface area contributed by atoms with Gasteiger partial charge in [0.1, 0.15) is 5.00 Å². The first-order valence-electron chi connectivity index (χ1n) is 3.62. The number of nitrogens with one attached hydrogen (secondary N) is 1. The third-order valence-electron chi connectivity index (χ3n) is 1.46. The minimum absolute atomic E-state index is 0.131. The second kappa shape index (κ2) is 3.57. The summed E-state index contributed by atoms with van der Waals surface area (Å²) in [5.41, 5.74) is 0.435. The van der Waals surface area contributed by atoms with Gasteiger partial charge in [0.2, 0.25) is 0 Å². The summed E-state index contributed by atoms with van der Waals surface area (Å²) < 4.78 is 0. The topological polar surface area (TPSA) is 66.4 Å². The van der Waals surface area contributed by atoms with Crippen molar-refractivity contribution in [2.45, 2.75) is 13.8 Å². The molecule has 13 heavy (non-hydrogen) atoms. The number of hydrogen-bond acceptors (Lipinski definition) is 3. The van der Waals surface area contributed by atoms with Crippen LogP contribution in [0.2, 0.25) is 0 Å². The van der Waals surface area contributed by atoms with Crippen LogP contribution in [0, 0.1) is 6.92 Å². The van der Waals surface area contributed by atoms with Crippen molar-refractivity contribution in [3.05, 3.63) is 16.5 Å². The predicted octanol–water partition coefficient (Wildman–Crippen LogP) is 2.35. The molecule has 1 rings (SSSR count). The van der Waals surface area contributed by atoms with Crippen LogP contribution in [0.15, 0.2) is 6.07 Å². The van der Waals surface area contributed by atoms with E-state index >= 15 is 0 Å². The van der Waals surface area contributed by atoms with Gasteiger partial charge < -0.3 is 5.11 Å². The molecule has 0 aliphatic heterocycles. The van der Waals surface area contributed by atoms with Crippen LogP contribution in [0.3, 0.4) is 0 Å². The molecule has 4 nitrogen and oxygen atoms in total. The number of ketones is 1. The van der Waals surface area contributed by atoms with Crippen molar-refractivity contribution in [3.8, 4) is 0 Å². The molecule has 0 saturated heterocycles. The van der Waals surface area contributed by atoms with Crippen molar-refractivity contribution in [2.24, 2.45) is 0 Å². The molecule has 0 radical (unpaired) electrons. The standard InChI is InChI=1S/C8H9NO3S/c1-4-3-6(5(2)10)7(13-4)9-8(11)12/h3,9H,1-2H3,(H,11,12). The molecule has 0 aliphatic carbocycles. The summed E-state index contributed by atoms with van der Waals surface area (Å²) in [4.78, 5) is 22.3. The van der Waals surface area contributed by atoms with Crippen LogP contribution in [0.1, 0.15) is 22.2 Å². The van der Waals surface area contributed by atoms with Crippen LogP contribution in [0.5, 0.6) is 0 Å². The number of aryl methyl sites for hydroxylation is 1. The van der Waals surface area contributed by atoms with Gasteiger partial charge in [-0.2, -0.15) is 0 Å². The van der Waals surface area contributed by atoms with Gasteiger partial charge in [-0.1, -0.05) is 0 Å². The van der Waals surface area contributed by atoms with E-state index < -0.39 is 6.09 Å². The Balaban J connectivity index is 3.04. The molecule has 0 fully saturated rings. The van der Waals surface area contributed by atoms with E-state index in [1.54, 1.807) is 6.07 Å². The highest BCUT2D eigenvalue weighted by Gasteiger charge is 2.12. The van der Waals surface area contributed by atoms with Gasteiger partial charge in [0, 0.05) is 4.88 Å². The quantitative estimate of drug-likeness (QED) is 0.718. The highest BCUT2D eigenvalue weighted by atomic mass is 32.1. The van der Waals surface area contributed by atoms with Crippen LogP contribution in [-0.2, 0) is 0 Å². The highest BCUT2D eigenvalue weighted by molar-refractivity contribution is 7.16. The fourth-order valence-electron chi connectivity index (χ4n) is 0.966. The lowest BCUT2D eigenvalue weighted by Gasteiger charge is -1.97. The number of anilines is 1. The fourth-order valence-corrected chi connectivity index (χ4v) is 1.92. The van der Waals surface area contributed by atoms with E-state index in [0.717, 1.165) is 4.88 Å². The van der Waals surface area contributed by atoms with E-state index in [1.807, 2.05) is 6.92 Å². The second-order valence-corrected chi connectivity index (χ2v) is 3.84. The first kappa shape index (κ1) is 9.73. The van der Waals surface area contributed by atoms with Crippen LogP contribution >= 0.6 is 11.3 Å². The Labute approximate surface area is 79.2 Å². The largest absolute Gasteiger partial charge is 0.465 e. The van der Waals surface area contributed by atoms with Gasteiger partial charge in [0.25, 0.3) is 0 Å². The third kappa shape index (κ3) is 2.29. The molecule has 70 valence electrons. The molecule has 2 N–H and O–H groups in total. The Morgan fingerprint density at radius 1 is 1.54 bits per heavy atom. The van der Waals surface area contributed by atoms with Crippen LogP contribution < -0.4 is 5.32 Å². The molecule has 1 aromatic heterocycles. The number of carbonyl (C=O) groups excluding carboxylic acids is 1. The highest BCUT2D eigenvalue weighted by Crippen LogP contribution is 2.27. The molecule has 0 aliphatic rings. The van der Waals surface area contributed by atoms with Crippen LogP contribution in [-0.4, -0.2) is 17.0 Å². The first-order valence-corrected chi connectivity index (χ1v) is 4.43. The maximum Gasteiger partial charge on any atom is 0.409 e. The van der Waals surface area contributed by atoms with Gasteiger partial charge in [0.05, 0.1) is 5.56 Å². The Morgan fingerprint density at radius 3 is 2.62 bits per heavy atom. The Hall–Kier alpha value is -1.36. The molecule has 0 bridgehead atoms. The molecular weight excluding hydrogens is 190 g/mol. The third-order valence-corrected chi connectivity index (χ3v) is 2.42. The maximum absolute atomic E-state index is 11.0. The molecule has 0 spiro atoms. The monoisotopic (exact) mass is 199 g/mol. The van der Waals surface area contributed by atoms with Gasteiger partial charge in [-0.05, 0) is 19.9 Å². The molecule has 0 atom stereocenters. The molecule has 0 aromatic carbocycles. The summed E-state index contributed by atoms with van der Waals surface area (Å²) >= 11 is 1.26. The zero-order valence-corrected chi connectivity index (χ0v) is 8.07. The average molecular weight is 199 g/mol. The fraction of sp³-hybridized carbons (Fsp3) is 0.250. The van der Waals surface area contributed by atoms with Crippen LogP contribution in [0.4, 0.5) is 9.80 Å². The summed E-state index contributed by atoms with van der Waals surface area (Å²) in [5, 5.41) is 11.1. The predicted molar refractivity (Wildman–Crippen MR) is 50.7 cm³/mol. The summed E-state index contributed by atoms with van der Waals surface area (Å²) in [6, 6.07) is 1.68. The molecule has 1 heterocycles. The van der Waals surface area contributed by atoms with Gasteiger partial charge in [-0.15, -0.1) is 11.3 Å². The van der Waals surface area contributed by atoms with E-state index in [4.69, 9.17) is 5.11 Å². The number of rotatable bonds is 2. The van der Waals surface area contributed by atoms with Crippen molar-refractivity contribution in [3.63, 3.8) is 0 Å². The molecular formula is C8H9NO3S. The number of thiophene rings is 1. The van der Waals surface area contributed by atoms with E-state index in [9.17, 15) is 9.59 Å². The number of hydrogen-bond donors (Lipinski definition) is 2. The first-order chi connectivity index (χ1) is 6.00. The van der Waals surface area contributed by atoms with E-state index in [1.165, 1.54) is 18.3 Å². The summed E-state index contributed by atoms with van der Waals surface area (Å²) in [6.07, 6.45) is -1.15. The minimum atomic E-state index is -1.15. The Morgan fingerprint density at radius 2 is 2.15 bits per heavy atom. The number of Topliss-reactive ketones (excluding diaryl/α,β-unsaturated/α-hetero) is 1. The summed E-state index contributed by atoms with van der Waals surface area (Å²) in [6.45, 7) is 3.23. The van der Waals surface area contributed by atoms with E-state index in [-0.39, 0.29) is 5.78 Å². The summed E-state index contributed by atoms with van der Waals surface area (Å²) in [7, 11) is 0. The van der Waals surface area contributed by atoms with E-state index in [0.29, 0.717) is 10.6 Å². The normalized spacial score (nSPS) is 9.69. The molecule has 1 amide bonds.